The lowest BCUT2D eigenvalue weighted by atomic mass is 10.2. The lowest BCUT2D eigenvalue weighted by Gasteiger charge is -2.08. The molecule has 2 aromatic heterocycles. The summed E-state index contributed by atoms with van der Waals surface area (Å²) in [5.41, 5.74) is 0.119. The molecule has 0 atom stereocenters. The number of carbonyl (C=O) groups excluding carboxylic acids is 1. The van der Waals surface area contributed by atoms with Crippen LogP contribution in [0.25, 0.3) is 0 Å². The lowest BCUT2D eigenvalue weighted by molar-refractivity contribution is -0.385. The molecule has 3 rings (SSSR count). The average molecular weight is 423 g/mol. The normalized spacial score (nSPS) is 11.4. The number of hydrogen-bond donors (Lipinski definition) is 1. The van der Waals surface area contributed by atoms with Crippen molar-refractivity contribution in [3.8, 4) is 0 Å². The number of thiophene rings is 2. The van der Waals surface area contributed by atoms with Gasteiger partial charge in [-0.15, -0.1) is 22.7 Å². The number of non-ortho nitro benzene ring substituents is 1. The number of benzene rings is 1. The summed E-state index contributed by atoms with van der Waals surface area (Å²) < 4.78 is 27.5. The van der Waals surface area contributed by atoms with Gasteiger partial charge in [-0.05, 0) is 36.1 Å². The van der Waals surface area contributed by atoms with Crippen molar-refractivity contribution in [1.82, 2.24) is 4.72 Å². The number of aryl methyl sites for hydroxylation is 1. The molecule has 0 radical (unpaired) electrons. The first-order chi connectivity index (χ1) is 12.8. The second kappa shape index (κ2) is 7.69. The molecule has 1 aromatic carbocycles. The fraction of sp³-hybridized carbons (Fsp3) is 0.118. The van der Waals surface area contributed by atoms with Crippen molar-refractivity contribution in [1.29, 1.82) is 0 Å². The Bertz CT molecular complexity index is 1100. The molecule has 0 aliphatic carbocycles. The molecule has 0 saturated carbocycles. The molecule has 7 nitrogen and oxygen atoms in total. The fourth-order valence-electron chi connectivity index (χ4n) is 2.36. The van der Waals surface area contributed by atoms with E-state index in [1.807, 2.05) is 5.38 Å². The van der Waals surface area contributed by atoms with Crippen LogP contribution in [0.4, 0.5) is 5.69 Å². The van der Waals surface area contributed by atoms with Crippen molar-refractivity contribution in [3.63, 3.8) is 0 Å². The highest BCUT2D eigenvalue weighted by atomic mass is 32.2. The Morgan fingerprint density at radius 3 is 2.63 bits per heavy atom. The number of nitrogens with one attached hydrogen (secondary N) is 1. The van der Waals surface area contributed by atoms with E-state index in [-0.39, 0.29) is 22.9 Å². The first kappa shape index (κ1) is 19.4. The smallest absolute Gasteiger partial charge is 0.270 e. The van der Waals surface area contributed by atoms with Crippen LogP contribution in [0.3, 0.4) is 0 Å². The van der Waals surface area contributed by atoms with Gasteiger partial charge in [0.05, 0.1) is 19.6 Å². The van der Waals surface area contributed by atoms with Gasteiger partial charge in [0.1, 0.15) is 0 Å². The summed E-state index contributed by atoms with van der Waals surface area (Å²) in [5.74, 6) is -0.0985. The van der Waals surface area contributed by atoms with E-state index in [2.05, 4.69) is 4.72 Å². The minimum Gasteiger partial charge on any atom is -0.287 e. The topological polar surface area (TPSA) is 106 Å². The van der Waals surface area contributed by atoms with E-state index >= 15 is 0 Å². The summed E-state index contributed by atoms with van der Waals surface area (Å²) in [6, 6.07) is 10.6. The van der Waals surface area contributed by atoms with Gasteiger partial charge < -0.3 is 0 Å². The van der Waals surface area contributed by atoms with Crippen molar-refractivity contribution in [2.75, 3.05) is 0 Å². The van der Waals surface area contributed by atoms with E-state index in [4.69, 9.17) is 0 Å². The molecule has 140 valence electrons. The first-order valence-electron chi connectivity index (χ1n) is 7.69. The van der Waals surface area contributed by atoms with Crippen molar-refractivity contribution in [2.24, 2.45) is 0 Å². The van der Waals surface area contributed by atoms with Gasteiger partial charge in [0.25, 0.3) is 5.69 Å². The summed E-state index contributed by atoms with van der Waals surface area (Å²) in [4.78, 5) is 24.2. The van der Waals surface area contributed by atoms with Crippen molar-refractivity contribution in [3.05, 3.63) is 78.2 Å². The maximum Gasteiger partial charge on any atom is 0.270 e. The van der Waals surface area contributed by atoms with E-state index in [0.29, 0.717) is 20.2 Å². The Labute approximate surface area is 163 Å². The van der Waals surface area contributed by atoms with Gasteiger partial charge in [-0.3, -0.25) is 14.9 Å². The SMILES string of the molecule is Cc1ccc([N+](=O)[O-])cc1S(=O)(=O)NCc1ccc(C(=O)c2cccs2)s1. The van der Waals surface area contributed by atoms with Crippen LogP contribution in [0, 0.1) is 17.0 Å². The van der Waals surface area contributed by atoms with Crippen LogP contribution in [-0.2, 0) is 16.6 Å². The number of nitro benzene ring substituents is 1. The lowest BCUT2D eigenvalue weighted by Crippen LogP contribution is -2.23. The minimum absolute atomic E-state index is 0.00709. The molecule has 0 saturated heterocycles. The highest BCUT2D eigenvalue weighted by molar-refractivity contribution is 7.89. The van der Waals surface area contributed by atoms with Gasteiger partial charge in [-0.1, -0.05) is 12.1 Å². The highest BCUT2D eigenvalue weighted by Crippen LogP contribution is 2.24. The van der Waals surface area contributed by atoms with Gasteiger partial charge in [0.15, 0.2) is 0 Å². The van der Waals surface area contributed by atoms with E-state index in [0.717, 1.165) is 6.07 Å². The van der Waals surface area contributed by atoms with Crippen LogP contribution in [-0.4, -0.2) is 19.1 Å². The van der Waals surface area contributed by atoms with Gasteiger partial charge in [-0.25, -0.2) is 13.1 Å². The molecule has 10 heteroatoms. The van der Waals surface area contributed by atoms with Crippen molar-refractivity contribution >= 4 is 44.2 Å². The van der Waals surface area contributed by atoms with E-state index in [1.165, 1.54) is 34.8 Å². The molecular formula is C17H14N2O5S3. The average Bonchev–Trinajstić information content (AvgIpc) is 3.31. The molecule has 3 aromatic rings. The van der Waals surface area contributed by atoms with Gasteiger partial charge in [0, 0.05) is 23.6 Å². The van der Waals surface area contributed by atoms with Crippen LogP contribution < -0.4 is 4.72 Å². The molecule has 0 amide bonds. The molecule has 1 N–H and O–H groups in total. The van der Waals surface area contributed by atoms with Crippen molar-refractivity contribution < 1.29 is 18.1 Å². The fourth-order valence-corrected chi connectivity index (χ4v) is 5.36. The van der Waals surface area contributed by atoms with Gasteiger partial charge >= 0.3 is 0 Å². The van der Waals surface area contributed by atoms with Gasteiger partial charge in [-0.2, -0.15) is 0 Å². The molecular weight excluding hydrogens is 408 g/mol. The monoisotopic (exact) mass is 422 g/mol. The zero-order valence-corrected chi connectivity index (χ0v) is 16.5. The van der Waals surface area contributed by atoms with Crippen LogP contribution in [0.5, 0.6) is 0 Å². The third-order valence-electron chi connectivity index (χ3n) is 3.74. The van der Waals surface area contributed by atoms with Crippen LogP contribution in [0.15, 0.2) is 52.7 Å². The Morgan fingerprint density at radius 1 is 1.19 bits per heavy atom. The molecule has 0 bridgehead atoms. The number of nitro groups is 1. The third-order valence-corrected chi connectivity index (χ3v) is 7.23. The maximum atomic E-state index is 12.5. The number of rotatable bonds is 7. The van der Waals surface area contributed by atoms with E-state index < -0.39 is 14.9 Å². The number of carbonyl (C=O) groups is 1. The quantitative estimate of drug-likeness (QED) is 0.355. The molecule has 2 heterocycles. The summed E-state index contributed by atoms with van der Waals surface area (Å²) >= 11 is 2.56. The zero-order chi connectivity index (χ0) is 19.6. The second-order valence-electron chi connectivity index (χ2n) is 5.60. The first-order valence-corrected chi connectivity index (χ1v) is 10.9. The largest absolute Gasteiger partial charge is 0.287 e. The summed E-state index contributed by atoms with van der Waals surface area (Å²) in [5, 5.41) is 12.7. The van der Waals surface area contributed by atoms with Crippen LogP contribution >= 0.6 is 22.7 Å². The number of nitrogens with zero attached hydrogens (tertiary/aromatic N) is 1. The summed E-state index contributed by atoms with van der Waals surface area (Å²) in [7, 11) is -3.93. The molecule has 0 fully saturated rings. The second-order valence-corrected chi connectivity index (χ2v) is 9.46. The molecule has 0 spiro atoms. The molecule has 0 aliphatic rings. The molecule has 0 unspecified atom stereocenters. The third kappa shape index (κ3) is 4.30. The predicted octanol–water partition coefficient (Wildman–Crippen LogP) is 3.74. The van der Waals surface area contributed by atoms with E-state index in [1.54, 1.807) is 31.2 Å². The maximum absolute atomic E-state index is 12.5. The standard InChI is InChI=1S/C17H14N2O5S3/c1-11-4-5-12(19(21)22)9-16(11)27(23,24)18-10-13-6-7-15(26-13)17(20)14-3-2-8-25-14/h2-9,18H,10H2,1H3. The number of hydrogen-bond acceptors (Lipinski definition) is 7. The molecule has 0 aliphatic heterocycles. The zero-order valence-electron chi connectivity index (χ0n) is 14.0. The van der Waals surface area contributed by atoms with Gasteiger partial charge in [0.2, 0.25) is 15.8 Å². The Morgan fingerprint density at radius 2 is 1.96 bits per heavy atom. The van der Waals surface area contributed by atoms with Crippen LogP contribution in [0.1, 0.15) is 25.0 Å². The Balaban J connectivity index is 1.76. The predicted molar refractivity (Wildman–Crippen MR) is 104 cm³/mol. The summed E-state index contributed by atoms with van der Waals surface area (Å²) in [6.07, 6.45) is 0. The highest BCUT2D eigenvalue weighted by Gasteiger charge is 2.21. The summed E-state index contributed by atoms with van der Waals surface area (Å²) in [6.45, 7) is 1.56. The Kier molecular flexibility index (Phi) is 5.51. The molecule has 27 heavy (non-hydrogen) atoms. The minimum atomic E-state index is -3.93. The Hall–Kier alpha value is -2.40. The van der Waals surface area contributed by atoms with Crippen LogP contribution in [0.2, 0.25) is 0 Å². The van der Waals surface area contributed by atoms with E-state index in [9.17, 15) is 23.3 Å². The number of sulfonamides is 1. The van der Waals surface area contributed by atoms with Crippen molar-refractivity contribution in [2.45, 2.75) is 18.4 Å². The number of ketones is 1.